The monoisotopic (exact) mass is 463 g/mol. The van der Waals surface area contributed by atoms with E-state index in [1.807, 2.05) is 30.9 Å². The molecule has 7 nitrogen and oxygen atoms in total. The summed E-state index contributed by atoms with van der Waals surface area (Å²) in [5.74, 6) is 0.282. The van der Waals surface area contributed by atoms with Crippen molar-refractivity contribution in [2.24, 2.45) is 5.92 Å². The van der Waals surface area contributed by atoms with E-state index >= 15 is 0 Å². The largest absolute Gasteiger partial charge is 0.373 e. The van der Waals surface area contributed by atoms with Gasteiger partial charge in [0, 0.05) is 39.3 Å². The van der Waals surface area contributed by atoms with Crippen molar-refractivity contribution in [3.8, 4) is 0 Å². The predicted molar refractivity (Wildman–Crippen MR) is 124 cm³/mol. The quantitative estimate of drug-likeness (QED) is 0.669. The van der Waals surface area contributed by atoms with Crippen LogP contribution in [0.1, 0.15) is 45.2 Å². The van der Waals surface area contributed by atoms with Gasteiger partial charge in [-0.15, -0.1) is 0 Å². The van der Waals surface area contributed by atoms with Gasteiger partial charge in [0.25, 0.3) is 0 Å². The molecule has 178 valence electrons. The fourth-order valence-electron chi connectivity index (χ4n) is 5.50. The Morgan fingerprint density at radius 1 is 1.00 bits per heavy atom. The number of amides is 1. The molecule has 3 atom stereocenters. The smallest absolute Gasteiger partial charge is 0.243 e. The molecule has 1 aliphatic carbocycles. The zero-order valence-electron chi connectivity index (χ0n) is 19.8. The maximum absolute atomic E-state index is 13.5. The molecule has 4 rings (SSSR count). The Labute approximate surface area is 192 Å². The van der Waals surface area contributed by atoms with Crippen LogP contribution in [0, 0.1) is 5.92 Å². The molecule has 0 radical (unpaired) electrons. The average molecular weight is 464 g/mol. The molecule has 0 saturated carbocycles. The number of sulfonamides is 1. The van der Waals surface area contributed by atoms with E-state index in [1.54, 1.807) is 6.07 Å². The Hall–Kier alpha value is -1.48. The minimum absolute atomic E-state index is 0.0992. The van der Waals surface area contributed by atoms with Crippen LogP contribution in [-0.2, 0) is 32.4 Å². The Bertz CT molecular complexity index is 931. The number of rotatable bonds is 5. The van der Waals surface area contributed by atoms with Gasteiger partial charge in [0.1, 0.15) is 0 Å². The lowest BCUT2D eigenvalue weighted by Crippen LogP contribution is -2.60. The van der Waals surface area contributed by atoms with Gasteiger partial charge in [-0.05, 0) is 62.3 Å². The van der Waals surface area contributed by atoms with Gasteiger partial charge in [-0.25, -0.2) is 8.42 Å². The SMILES string of the molecule is CC1CN(C(C(=O)N2CCN(S(=O)(=O)c3ccc4c(c3)CCC4)CC2)C(C)C)CC(C)O1. The maximum atomic E-state index is 13.5. The van der Waals surface area contributed by atoms with Crippen molar-refractivity contribution >= 4 is 15.9 Å². The standard InChI is InChI=1S/C24H37N3O4S/c1-17(2)23(26-15-18(3)31-19(4)16-26)24(28)25-10-12-27(13-11-25)32(29,30)22-9-8-20-6-5-7-21(20)14-22/h8-9,14,17-19,23H,5-7,10-13,15-16H2,1-4H3. The van der Waals surface area contributed by atoms with E-state index in [-0.39, 0.29) is 30.1 Å². The molecule has 8 heteroatoms. The molecule has 3 aliphatic rings. The van der Waals surface area contributed by atoms with Crippen molar-refractivity contribution in [2.45, 2.75) is 70.1 Å². The lowest BCUT2D eigenvalue weighted by molar-refractivity contribution is -0.146. The van der Waals surface area contributed by atoms with Crippen LogP contribution < -0.4 is 0 Å². The molecule has 2 aliphatic heterocycles. The summed E-state index contributed by atoms with van der Waals surface area (Å²) in [5, 5.41) is 0. The third-order valence-corrected chi connectivity index (χ3v) is 8.88. The van der Waals surface area contributed by atoms with Gasteiger partial charge in [0.15, 0.2) is 0 Å². The molecule has 0 bridgehead atoms. The third-order valence-electron chi connectivity index (χ3n) is 6.98. The normalized spacial score (nSPS) is 26.3. The van der Waals surface area contributed by atoms with Crippen LogP contribution in [0.15, 0.2) is 23.1 Å². The van der Waals surface area contributed by atoms with Crippen molar-refractivity contribution in [2.75, 3.05) is 39.3 Å². The predicted octanol–water partition coefficient (Wildman–Crippen LogP) is 2.14. The number of carbonyl (C=O) groups excluding carboxylic acids is 1. The number of ether oxygens (including phenoxy) is 1. The summed E-state index contributed by atoms with van der Waals surface area (Å²) in [6.07, 6.45) is 3.28. The number of benzene rings is 1. The Morgan fingerprint density at radius 2 is 1.62 bits per heavy atom. The van der Waals surface area contributed by atoms with E-state index < -0.39 is 10.0 Å². The van der Waals surface area contributed by atoms with Crippen LogP contribution in [0.4, 0.5) is 0 Å². The molecule has 2 heterocycles. The van der Waals surface area contributed by atoms with Crippen LogP contribution in [0.5, 0.6) is 0 Å². The molecule has 2 fully saturated rings. The highest BCUT2D eigenvalue weighted by Crippen LogP contribution is 2.27. The zero-order valence-corrected chi connectivity index (χ0v) is 20.6. The first-order valence-electron chi connectivity index (χ1n) is 12.0. The molecule has 0 spiro atoms. The van der Waals surface area contributed by atoms with E-state index in [0.29, 0.717) is 31.1 Å². The first-order chi connectivity index (χ1) is 15.2. The highest BCUT2D eigenvalue weighted by atomic mass is 32.2. The summed E-state index contributed by atoms with van der Waals surface area (Å²) in [6.45, 7) is 11.3. The number of hydrogen-bond donors (Lipinski definition) is 0. The molecule has 1 aromatic carbocycles. The van der Waals surface area contributed by atoms with Crippen molar-refractivity contribution in [3.05, 3.63) is 29.3 Å². The van der Waals surface area contributed by atoms with Gasteiger partial charge in [0.2, 0.25) is 15.9 Å². The number of fused-ring (bicyclic) bond motifs is 1. The van der Waals surface area contributed by atoms with Crippen molar-refractivity contribution in [1.29, 1.82) is 0 Å². The lowest BCUT2D eigenvalue weighted by atomic mass is 9.98. The molecule has 2 saturated heterocycles. The number of piperazine rings is 1. The van der Waals surface area contributed by atoms with E-state index in [9.17, 15) is 13.2 Å². The van der Waals surface area contributed by atoms with Gasteiger partial charge < -0.3 is 9.64 Å². The molecule has 1 amide bonds. The third kappa shape index (κ3) is 4.74. The Balaban J connectivity index is 1.42. The number of hydrogen-bond acceptors (Lipinski definition) is 5. The number of morpholine rings is 1. The van der Waals surface area contributed by atoms with Gasteiger partial charge in [-0.2, -0.15) is 4.31 Å². The molecule has 0 N–H and O–H groups in total. The van der Waals surface area contributed by atoms with Crippen molar-refractivity contribution in [3.63, 3.8) is 0 Å². The van der Waals surface area contributed by atoms with E-state index in [2.05, 4.69) is 18.7 Å². The van der Waals surface area contributed by atoms with Crippen LogP contribution in [0.2, 0.25) is 0 Å². The van der Waals surface area contributed by atoms with Crippen molar-refractivity contribution < 1.29 is 17.9 Å². The van der Waals surface area contributed by atoms with Crippen LogP contribution >= 0.6 is 0 Å². The molecule has 0 aromatic heterocycles. The average Bonchev–Trinajstić information content (AvgIpc) is 3.21. The Kier molecular flexibility index (Phi) is 6.96. The van der Waals surface area contributed by atoms with Gasteiger partial charge in [-0.1, -0.05) is 19.9 Å². The minimum Gasteiger partial charge on any atom is -0.373 e. The molecule has 32 heavy (non-hydrogen) atoms. The molecular weight excluding hydrogens is 426 g/mol. The van der Waals surface area contributed by atoms with E-state index in [1.165, 1.54) is 9.87 Å². The van der Waals surface area contributed by atoms with Gasteiger partial charge in [0.05, 0.1) is 23.1 Å². The summed E-state index contributed by atoms with van der Waals surface area (Å²) < 4.78 is 33.8. The number of carbonyl (C=O) groups is 1. The van der Waals surface area contributed by atoms with Crippen LogP contribution in [0.3, 0.4) is 0 Å². The fraction of sp³-hybridized carbons (Fsp3) is 0.708. The molecular formula is C24H37N3O4S. The second kappa shape index (κ2) is 9.41. The van der Waals surface area contributed by atoms with Crippen LogP contribution in [0.25, 0.3) is 0 Å². The minimum atomic E-state index is -3.54. The topological polar surface area (TPSA) is 70.2 Å². The maximum Gasteiger partial charge on any atom is 0.243 e. The fourth-order valence-corrected chi connectivity index (χ4v) is 6.97. The van der Waals surface area contributed by atoms with Gasteiger partial charge in [-0.3, -0.25) is 9.69 Å². The second-order valence-corrected chi connectivity index (χ2v) is 11.9. The lowest BCUT2D eigenvalue weighted by Gasteiger charge is -2.43. The summed E-state index contributed by atoms with van der Waals surface area (Å²) in [6, 6.07) is 5.35. The molecule has 3 unspecified atom stereocenters. The van der Waals surface area contributed by atoms with Crippen LogP contribution in [-0.4, -0.2) is 85.9 Å². The van der Waals surface area contributed by atoms with E-state index in [4.69, 9.17) is 4.74 Å². The second-order valence-electron chi connectivity index (χ2n) is 9.91. The highest BCUT2D eigenvalue weighted by Gasteiger charge is 2.38. The zero-order chi connectivity index (χ0) is 23.0. The molecule has 1 aromatic rings. The number of nitrogens with zero attached hydrogens (tertiary/aromatic N) is 3. The highest BCUT2D eigenvalue weighted by molar-refractivity contribution is 7.89. The summed E-state index contributed by atoms with van der Waals surface area (Å²) in [7, 11) is -3.54. The summed E-state index contributed by atoms with van der Waals surface area (Å²) >= 11 is 0. The van der Waals surface area contributed by atoms with E-state index in [0.717, 1.165) is 37.9 Å². The van der Waals surface area contributed by atoms with Crippen molar-refractivity contribution in [1.82, 2.24) is 14.1 Å². The summed E-state index contributed by atoms with van der Waals surface area (Å²) in [5.41, 5.74) is 2.43. The van der Waals surface area contributed by atoms with Gasteiger partial charge >= 0.3 is 0 Å². The summed E-state index contributed by atoms with van der Waals surface area (Å²) in [4.78, 5) is 18.0. The first-order valence-corrected chi connectivity index (χ1v) is 13.4. The number of aryl methyl sites for hydroxylation is 2. The first kappa shape index (κ1) is 23.7. The Morgan fingerprint density at radius 3 is 2.25 bits per heavy atom.